The van der Waals surface area contributed by atoms with Crippen molar-refractivity contribution in [1.82, 2.24) is 24.5 Å². The number of rotatable bonds is 10. The SMILES string of the molecule is C=C(/C=C\C=C/C)c1nc(-c2ccccc2)nc(-c2cc(-c3ccc(-c4ccccc4)c(-c4ccccc4)c3)cnc2-c2cccc3sc4c(ccc5c4c4ccccc4n5-c4ccccc4)c23)n1. The third kappa shape index (κ3) is 7.54. The average molecular weight is 902 g/mol. The van der Waals surface area contributed by atoms with E-state index in [1.54, 1.807) is 0 Å². The van der Waals surface area contributed by atoms with Gasteiger partial charge >= 0.3 is 0 Å². The molecule has 326 valence electrons. The third-order valence-corrected chi connectivity index (χ3v) is 14.0. The van der Waals surface area contributed by atoms with Gasteiger partial charge in [0.25, 0.3) is 0 Å². The molecule has 12 rings (SSSR count). The topological polar surface area (TPSA) is 56.5 Å². The van der Waals surface area contributed by atoms with E-state index in [9.17, 15) is 0 Å². The second-order valence-electron chi connectivity index (χ2n) is 17.0. The molecule has 69 heavy (non-hydrogen) atoms. The van der Waals surface area contributed by atoms with Crippen molar-refractivity contribution in [2.75, 3.05) is 0 Å². The van der Waals surface area contributed by atoms with Crippen LogP contribution >= 0.6 is 11.3 Å². The molecule has 0 fully saturated rings. The first kappa shape index (κ1) is 41.6. The molecule has 0 bridgehead atoms. The molecule has 0 unspecified atom stereocenters. The van der Waals surface area contributed by atoms with Crippen LogP contribution in [0.2, 0.25) is 0 Å². The van der Waals surface area contributed by atoms with E-state index < -0.39 is 0 Å². The van der Waals surface area contributed by atoms with Gasteiger partial charge in [-0.25, -0.2) is 15.0 Å². The van der Waals surface area contributed by atoms with E-state index in [0.29, 0.717) is 23.0 Å². The molecule has 6 heteroatoms. The number of hydrogen-bond acceptors (Lipinski definition) is 5. The fourth-order valence-electron chi connectivity index (χ4n) is 9.56. The van der Waals surface area contributed by atoms with Crippen LogP contribution in [-0.2, 0) is 0 Å². The molecular formula is C63H43N5S. The van der Waals surface area contributed by atoms with Crippen LogP contribution in [-0.4, -0.2) is 24.5 Å². The number of allylic oxidation sites excluding steroid dienone is 5. The second kappa shape index (κ2) is 17.8. The highest BCUT2D eigenvalue weighted by atomic mass is 32.1. The van der Waals surface area contributed by atoms with E-state index in [4.69, 9.17) is 19.9 Å². The molecular weight excluding hydrogens is 859 g/mol. The minimum Gasteiger partial charge on any atom is -0.309 e. The molecule has 0 saturated heterocycles. The fraction of sp³-hybridized carbons (Fsp3) is 0.0159. The third-order valence-electron chi connectivity index (χ3n) is 12.8. The molecule has 4 aromatic heterocycles. The summed E-state index contributed by atoms with van der Waals surface area (Å²) in [7, 11) is 0. The maximum absolute atomic E-state index is 5.47. The van der Waals surface area contributed by atoms with E-state index in [0.717, 1.165) is 66.8 Å². The predicted molar refractivity (Wildman–Crippen MR) is 290 cm³/mol. The minimum absolute atomic E-state index is 0.492. The zero-order valence-corrected chi connectivity index (χ0v) is 38.6. The highest BCUT2D eigenvalue weighted by Crippen LogP contribution is 2.47. The van der Waals surface area contributed by atoms with Crippen molar-refractivity contribution < 1.29 is 0 Å². The largest absolute Gasteiger partial charge is 0.309 e. The predicted octanol–water partition coefficient (Wildman–Crippen LogP) is 16.9. The van der Waals surface area contributed by atoms with E-state index in [2.05, 4.69) is 181 Å². The lowest BCUT2D eigenvalue weighted by molar-refractivity contribution is 1.04. The van der Waals surface area contributed by atoms with Gasteiger partial charge in [-0.05, 0) is 77.2 Å². The summed E-state index contributed by atoms with van der Waals surface area (Å²) in [5.41, 5.74) is 14.2. The zero-order valence-electron chi connectivity index (χ0n) is 37.8. The Kier molecular flexibility index (Phi) is 10.7. The Bertz CT molecular complexity index is 3960. The Labute approximate surface area is 404 Å². The van der Waals surface area contributed by atoms with Gasteiger partial charge in [-0.2, -0.15) is 0 Å². The van der Waals surface area contributed by atoms with E-state index in [1.807, 2.05) is 79.1 Å². The van der Waals surface area contributed by atoms with Gasteiger partial charge in [-0.3, -0.25) is 4.98 Å². The van der Waals surface area contributed by atoms with Crippen molar-refractivity contribution in [3.8, 4) is 73.1 Å². The number of benzene rings is 8. The Balaban J connectivity index is 1.12. The van der Waals surface area contributed by atoms with Crippen LogP contribution in [0.25, 0.3) is 121 Å². The first-order valence-electron chi connectivity index (χ1n) is 23.1. The summed E-state index contributed by atoms with van der Waals surface area (Å²) >= 11 is 1.83. The summed E-state index contributed by atoms with van der Waals surface area (Å²) in [5.74, 6) is 1.56. The molecule has 0 aliphatic carbocycles. The first-order chi connectivity index (χ1) is 34.1. The van der Waals surface area contributed by atoms with Gasteiger partial charge in [-0.1, -0.05) is 189 Å². The van der Waals surface area contributed by atoms with E-state index in [-0.39, 0.29) is 0 Å². The van der Waals surface area contributed by atoms with Crippen molar-refractivity contribution in [2.24, 2.45) is 0 Å². The molecule has 0 amide bonds. The second-order valence-corrected chi connectivity index (χ2v) is 18.1. The van der Waals surface area contributed by atoms with Crippen molar-refractivity contribution >= 4 is 58.9 Å². The maximum Gasteiger partial charge on any atom is 0.166 e. The van der Waals surface area contributed by atoms with Gasteiger partial charge in [0.05, 0.1) is 16.7 Å². The maximum atomic E-state index is 5.47. The molecule has 12 aromatic rings. The lowest BCUT2D eigenvalue weighted by Gasteiger charge is -2.16. The van der Waals surface area contributed by atoms with Crippen molar-refractivity contribution in [3.63, 3.8) is 0 Å². The molecule has 0 N–H and O–H groups in total. The number of fused-ring (bicyclic) bond motifs is 7. The zero-order chi connectivity index (χ0) is 46.3. The Morgan fingerprint density at radius 2 is 1.16 bits per heavy atom. The van der Waals surface area contributed by atoms with Gasteiger partial charge < -0.3 is 4.57 Å². The summed E-state index contributed by atoms with van der Waals surface area (Å²) < 4.78 is 4.80. The number of thiophene rings is 1. The number of pyridine rings is 1. The minimum atomic E-state index is 0.492. The van der Waals surface area contributed by atoms with Gasteiger partial charge in [0, 0.05) is 70.7 Å². The molecule has 4 heterocycles. The lowest BCUT2D eigenvalue weighted by Crippen LogP contribution is -2.03. The average Bonchev–Trinajstić information content (AvgIpc) is 3.98. The number of hydrogen-bond donors (Lipinski definition) is 0. The number of aromatic nitrogens is 5. The fourth-order valence-corrected chi connectivity index (χ4v) is 10.8. The molecule has 0 saturated carbocycles. The highest BCUT2D eigenvalue weighted by Gasteiger charge is 2.23. The molecule has 0 aliphatic rings. The standard InChI is InChI=1S/C63H43N5S/c1-3-4-9-21-41(2)61-65-62(44-26-14-7-15-27-44)67-63(66-61)53-39-46(45-34-35-48(42-22-10-5-11-23-42)52(38-45)43-24-12-6-13-25-43)40-64-59(53)50-31-20-33-56-57(50)51-36-37-55-58(60(51)69-56)49-30-18-19-32-54(49)68(55)47-28-16-8-17-29-47/h3-40H,2H2,1H3/b4-3-,21-9-. The van der Waals surface area contributed by atoms with Crippen LogP contribution in [0.4, 0.5) is 0 Å². The van der Waals surface area contributed by atoms with Crippen LogP contribution in [0, 0.1) is 0 Å². The van der Waals surface area contributed by atoms with Crippen LogP contribution in [0.15, 0.2) is 237 Å². The monoisotopic (exact) mass is 901 g/mol. The van der Waals surface area contributed by atoms with E-state index in [1.165, 1.54) is 36.6 Å². The Hall–Kier alpha value is -8.84. The normalized spacial score (nSPS) is 11.8. The number of nitrogens with zero attached hydrogens (tertiary/aromatic N) is 5. The van der Waals surface area contributed by atoms with Gasteiger partial charge in [0.2, 0.25) is 0 Å². The van der Waals surface area contributed by atoms with Gasteiger partial charge in [-0.15, -0.1) is 11.3 Å². The number of para-hydroxylation sites is 2. The van der Waals surface area contributed by atoms with Crippen molar-refractivity contribution in [1.29, 1.82) is 0 Å². The van der Waals surface area contributed by atoms with Crippen LogP contribution < -0.4 is 0 Å². The molecule has 0 spiro atoms. The summed E-state index contributed by atoms with van der Waals surface area (Å²) in [6.07, 6.45) is 9.86. The Morgan fingerprint density at radius 1 is 0.493 bits per heavy atom. The van der Waals surface area contributed by atoms with Crippen LogP contribution in [0.3, 0.4) is 0 Å². The van der Waals surface area contributed by atoms with Gasteiger partial charge in [0.15, 0.2) is 17.5 Å². The van der Waals surface area contributed by atoms with Crippen molar-refractivity contribution in [2.45, 2.75) is 6.92 Å². The molecule has 5 nitrogen and oxygen atoms in total. The van der Waals surface area contributed by atoms with Crippen LogP contribution in [0.1, 0.15) is 12.7 Å². The quantitative estimate of drug-likeness (QED) is 0.128. The van der Waals surface area contributed by atoms with Crippen LogP contribution in [0.5, 0.6) is 0 Å². The first-order valence-corrected chi connectivity index (χ1v) is 23.9. The molecule has 0 atom stereocenters. The summed E-state index contributed by atoms with van der Waals surface area (Å²) in [6.45, 7) is 6.42. The Morgan fingerprint density at radius 3 is 1.91 bits per heavy atom. The summed E-state index contributed by atoms with van der Waals surface area (Å²) in [5, 5.41) is 4.79. The molecule has 0 radical (unpaired) electrons. The smallest absolute Gasteiger partial charge is 0.166 e. The van der Waals surface area contributed by atoms with E-state index >= 15 is 0 Å². The summed E-state index contributed by atoms with van der Waals surface area (Å²) in [6, 6.07) is 70.7. The van der Waals surface area contributed by atoms with Gasteiger partial charge in [0.1, 0.15) is 0 Å². The summed E-state index contributed by atoms with van der Waals surface area (Å²) in [4.78, 5) is 21.0. The molecule has 0 aliphatic heterocycles. The highest BCUT2D eigenvalue weighted by molar-refractivity contribution is 7.27. The molecule has 8 aromatic carbocycles. The van der Waals surface area contributed by atoms with Crippen molar-refractivity contribution in [3.05, 3.63) is 243 Å². The lowest BCUT2D eigenvalue weighted by atomic mass is 9.90.